The van der Waals surface area contributed by atoms with Gasteiger partial charge in [0.05, 0.1) is 6.54 Å². The molecule has 148 valence electrons. The van der Waals surface area contributed by atoms with Gasteiger partial charge in [0.2, 0.25) is 0 Å². The Bertz CT molecular complexity index is 1150. The number of urea groups is 1. The summed E-state index contributed by atoms with van der Waals surface area (Å²) in [5.41, 5.74) is 1.63. The minimum absolute atomic E-state index is 0.0246. The molecule has 0 saturated carbocycles. The van der Waals surface area contributed by atoms with Crippen LogP contribution < -0.4 is 10.9 Å². The second-order valence-corrected chi connectivity index (χ2v) is 7.73. The second kappa shape index (κ2) is 7.20. The van der Waals surface area contributed by atoms with E-state index in [1.165, 1.54) is 11.0 Å². The van der Waals surface area contributed by atoms with Crippen molar-refractivity contribution in [2.75, 3.05) is 0 Å². The van der Waals surface area contributed by atoms with Gasteiger partial charge in [-0.25, -0.2) is 9.59 Å². The third kappa shape index (κ3) is 3.66. The summed E-state index contributed by atoms with van der Waals surface area (Å²) in [6.07, 6.45) is 1.17. The van der Waals surface area contributed by atoms with E-state index in [9.17, 15) is 14.4 Å². The highest BCUT2D eigenvalue weighted by molar-refractivity contribution is 6.06. The van der Waals surface area contributed by atoms with Crippen molar-refractivity contribution >= 4 is 22.9 Å². The van der Waals surface area contributed by atoms with Crippen molar-refractivity contribution in [3.05, 3.63) is 81.7 Å². The van der Waals surface area contributed by atoms with Gasteiger partial charge >= 0.3 is 11.7 Å². The number of benzene rings is 2. The molecule has 1 saturated heterocycles. The van der Waals surface area contributed by atoms with Crippen LogP contribution in [0.25, 0.3) is 11.0 Å². The van der Waals surface area contributed by atoms with E-state index >= 15 is 0 Å². The van der Waals surface area contributed by atoms with Crippen LogP contribution in [0.3, 0.4) is 0 Å². The Balaban J connectivity index is 1.58. The summed E-state index contributed by atoms with van der Waals surface area (Å²) in [6.45, 7) is 3.68. The van der Waals surface area contributed by atoms with Gasteiger partial charge < -0.3 is 9.73 Å². The van der Waals surface area contributed by atoms with Crippen molar-refractivity contribution in [1.82, 2.24) is 10.2 Å². The highest BCUT2D eigenvalue weighted by Gasteiger charge is 2.47. The average molecular weight is 390 g/mol. The number of carbonyl (C=O) groups excluding carboxylic acids is 2. The summed E-state index contributed by atoms with van der Waals surface area (Å²) in [5.74, 6) is -0.285. The maximum absolute atomic E-state index is 13.1. The van der Waals surface area contributed by atoms with Crippen LogP contribution in [0, 0.1) is 6.92 Å². The molecule has 1 aromatic heterocycles. The molecule has 1 N–H and O–H groups in total. The maximum atomic E-state index is 13.1. The van der Waals surface area contributed by atoms with Gasteiger partial charge in [-0.3, -0.25) is 9.69 Å². The zero-order valence-corrected chi connectivity index (χ0v) is 16.4. The standard InChI is InChI=1S/C23H22N2O4/c1-15-8-9-18-17(13-20(26)29-19(18)12-15)14-25-21(27)23(2,24-22(25)28)11-10-16-6-4-3-5-7-16/h3-9,12-13H,10-11,14H2,1-2H3,(H,24,28)/t23-/m1/s1. The average Bonchev–Trinajstić information content (AvgIpc) is 2.90. The van der Waals surface area contributed by atoms with Gasteiger partial charge in [0, 0.05) is 11.5 Å². The Hall–Kier alpha value is -3.41. The molecule has 1 aliphatic rings. The van der Waals surface area contributed by atoms with Crippen LogP contribution in [-0.4, -0.2) is 22.4 Å². The fourth-order valence-electron chi connectivity index (χ4n) is 3.74. The zero-order valence-electron chi connectivity index (χ0n) is 16.4. The highest BCUT2D eigenvalue weighted by atomic mass is 16.4. The minimum atomic E-state index is -0.973. The lowest BCUT2D eigenvalue weighted by Crippen LogP contribution is -2.44. The third-order valence-electron chi connectivity index (χ3n) is 5.42. The Kier molecular flexibility index (Phi) is 4.70. The first-order chi connectivity index (χ1) is 13.9. The summed E-state index contributed by atoms with van der Waals surface area (Å²) in [6, 6.07) is 16.3. The molecule has 4 rings (SSSR count). The predicted octanol–water partition coefficient (Wildman–Crippen LogP) is 3.54. The molecule has 3 amide bonds. The number of aryl methyl sites for hydroxylation is 2. The summed E-state index contributed by atoms with van der Waals surface area (Å²) in [4.78, 5) is 38.8. The predicted molar refractivity (Wildman–Crippen MR) is 109 cm³/mol. The first kappa shape index (κ1) is 18.9. The molecule has 1 aliphatic heterocycles. The van der Waals surface area contributed by atoms with E-state index in [1.54, 1.807) is 13.0 Å². The first-order valence-corrected chi connectivity index (χ1v) is 9.57. The molecular weight excluding hydrogens is 368 g/mol. The number of rotatable bonds is 5. The van der Waals surface area contributed by atoms with Gasteiger partial charge in [-0.05, 0) is 49.4 Å². The SMILES string of the molecule is Cc1ccc2c(CN3C(=O)N[C@](C)(CCc4ccccc4)C3=O)cc(=O)oc2c1. The summed E-state index contributed by atoms with van der Waals surface area (Å²) in [7, 11) is 0. The van der Waals surface area contributed by atoms with E-state index in [2.05, 4.69) is 5.32 Å². The lowest BCUT2D eigenvalue weighted by Gasteiger charge is -2.22. The molecular formula is C23H22N2O4. The number of hydrogen-bond donors (Lipinski definition) is 1. The quantitative estimate of drug-likeness (QED) is 0.534. The van der Waals surface area contributed by atoms with Crippen LogP contribution in [0.4, 0.5) is 4.79 Å². The molecule has 29 heavy (non-hydrogen) atoms. The van der Waals surface area contributed by atoms with E-state index < -0.39 is 17.2 Å². The maximum Gasteiger partial charge on any atom is 0.336 e. The molecule has 0 unspecified atom stereocenters. The fraction of sp³-hybridized carbons (Fsp3) is 0.261. The van der Waals surface area contributed by atoms with Crippen LogP contribution in [-0.2, 0) is 17.8 Å². The zero-order chi connectivity index (χ0) is 20.6. The molecule has 0 bridgehead atoms. The van der Waals surface area contributed by atoms with Gasteiger partial charge in [0.25, 0.3) is 5.91 Å². The number of hydrogen-bond acceptors (Lipinski definition) is 4. The number of nitrogens with one attached hydrogen (secondary N) is 1. The van der Waals surface area contributed by atoms with Crippen molar-refractivity contribution < 1.29 is 14.0 Å². The summed E-state index contributed by atoms with van der Waals surface area (Å²) in [5, 5.41) is 3.54. The van der Waals surface area contributed by atoms with Crippen LogP contribution in [0.15, 0.2) is 63.8 Å². The molecule has 2 aromatic carbocycles. The van der Waals surface area contributed by atoms with E-state index in [0.29, 0.717) is 29.4 Å². The van der Waals surface area contributed by atoms with Crippen LogP contribution in [0.1, 0.15) is 30.0 Å². The van der Waals surface area contributed by atoms with Gasteiger partial charge in [0.1, 0.15) is 11.1 Å². The van der Waals surface area contributed by atoms with Crippen LogP contribution in [0.2, 0.25) is 0 Å². The second-order valence-electron chi connectivity index (χ2n) is 7.73. The Labute approximate surface area is 168 Å². The molecule has 6 nitrogen and oxygen atoms in total. The molecule has 0 aliphatic carbocycles. The molecule has 0 radical (unpaired) electrons. The highest BCUT2D eigenvalue weighted by Crippen LogP contribution is 2.27. The topological polar surface area (TPSA) is 79.6 Å². The lowest BCUT2D eigenvalue weighted by molar-refractivity contribution is -0.131. The number of imide groups is 1. The number of carbonyl (C=O) groups is 2. The molecule has 1 fully saturated rings. The number of fused-ring (bicyclic) bond motifs is 1. The van der Waals surface area contributed by atoms with Crippen molar-refractivity contribution in [1.29, 1.82) is 0 Å². The third-order valence-corrected chi connectivity index (χ3v) is 5.42. The smallest absolute Gasteiger partial charge is 0.336 e. The summed E-state index contributed by atoms with van der Waals surface area (Å²) < 4.78 is 5.27. The van der Waals surface area contributed by atoms with Gasteiger partial charge in [-0.15, -0.1) is 0 Å². The van der Waals surface area contributed by atoms with E-state index in [-0.39, 0.29) is 12.5 Å². The van der Waals surface area contributed by atoms with Gasteiger partial charge in [-0.1, -0.05) is 42.5 Å². The van der Waals surface area contributed by atoms with Gasteiger partial charge in [0.15, 0.2) is 0 Å². The number of amides is 3. The minimum Gasteiger partial charge on any atom is -0.423 e. The first-order valence-electron chi connectivity index (χ1n) is 9.57. The van der Waals surface area contributed by atoms with E-state index in [1.807, 2.05) is 49.4 Å². The van der Waals surface area contributed by atoms with E-state index in [0.717, 1.165) is 11.1 Å². The molecule has 3 aromatic rings. The Morgan fingerprint density at radius 3 is 2.55 bits per heavy atom. The van der Waals surface area contributed by atoms with Crippen molar-refractivity contribution in [3.63, 3.8) is 0 Å². The fourth-order valence-corrected chi connectivity index (χ4v) is 3.74. The molecule has 1 atom stereocenters. The normalized spacial score (nSPS) is 19.0. The van der Waals surface area contributed by atoms with Crippen molar-refractivity contribution in [2.45, 2.75) is 38.8 Å². The largest absolute Gasteiger partial charge is 0.423 e. The molecule has 0 spiro atoms. The summed E-state index contributed by atoms with van der Waals surface area (Å²) >= 11 is 0. The van der Waals surface area contributed by atoms with Crippen molar-refractivity contribution in [3.8, 4) is 0 Å². The van der Waals surface area contributed by atoms with Gasteiger partial charge in [-0.2, -0.15) is 0 Å². The Morgan fingerprint density at radius 2 is 1.79 bits per heavy atom. The van der Waals surface area contributed by atoms with Crippen LogP contribution in [0.5, 0.6) is 0 Å². The molecule has 2 heterocycles. The van der Waals surface area contributed by atoms with Crippen LogP contribution >= 0.6 is 0 Å². The molecule has 6 heteroatoms. The monoisotopic (exact) mass is 390 g/mol. The van der Waals surface area contributed by atoms with E-state index in [4.69, 9.17) is 4.42 Å². The van der Waals surface area contributed by atoms with Crippen molar-refractivity contribution in [2.24, 2.45) is 0 Å². The number of nitrogens with zero attached hydrogens (tertiary/aromatic N) is 1. The lowest BCUT2D eigenvalue weighted by atomic mass is 9.93. The Morgan fingerprint density at radius 1 is 1.03 bits per heavy atom.